The van der Waals surface area contributed by atoms with E-state index in [0.29, 0.717) is 34.7 Å². The standard InChI is InChI=1S/C23H21Cl2N3O3/c1-2-30-22-10-14(12-26-15-7-8-19-20(11-15)28-23(29)27-19)6-9-21(22)31-13-16-17(24)4-3-5-18(16)25/h3-11,26H,2,12-13H2,1H3,(H2,27,28,29). The van der Waals surface area contributed by atoms with Gasteiger partial charge in [0.15, 0.2) is 11.5 Å². The number of hydrogen-bond acceptors (Lipinski definition) is 4. The Morgan fingerprint density at radius 2 is 1.68 bits per heavy atom. The van der Waals surface area contributed by atoms with E-state index in [9.17, 15) is 4.79 Å². The zero-order valence-corrected chi connectivity index (χ0v) is 18.3. The minimum atomic E-state index is -0.220. The van der Waals surface area contributed by atoms with Crippen molar-refractivity contribution in [3.63, 3.8) is 0 Å². The number of aromatic amines is 2. The molecule has 0 fully saturated rings. The highest BCUT2D eigenvalue weighted by Crippen LogP contribution is 2.32. The van der Waals surface area contributed by atoms with Crippen molar-refractivity contribution in [2.24, 2.45) is 0 Å². The minimum absolute atomic E-state index is 0.220. The fourth-order valence-corrected chi connectivity index (χ4v) is 3.72. The van der Waals surface area contributed by atoms with Gasteiger partial charge in [-0.1, -0.05) is 35.3 Å². The molecule has 31 heavy (non-hydrogen) atoms. The molecule has 0 radical (unpaired) electrons. The molecule has 0 bridgehead atoms. The lowest BCUT2D eigenvalue weighted by Gasteiger charge is -2.15. The van der Waals surface area contributed by atoms with Crippen molar-refractivity contribution in [2.45, 2.75) is 20.1 Å². The number of hydrogen-bond donors (Lipinski definition) is 3. The molecule has 0 saturated heterocycles. The summed E-state index contributed by atoms with van der Waals surface area (Å²) in [6.07, 6.45) is 0. The van der Waals surface area contributed by atoms with Crippen LogP contribution in [0.25, 0.3) is 11.0 Å². The van der Waals surface area contributed by atoms with Crippen molar-refractivity contribution in [2.75, 3.05) is 11.9 Å². The van der Waals surface area contributed by atoms with E-state index < -0.39 is 0 Å². The Hall–Kier alpha value is -3.09. The first-order valence-corrected chi connectivity index (χ1v) is 10.6. The third-order valence-electron chi connectivity index (χ3n) is 4.75. The van der Waals surface area contributed by atoms with Gasteiger partial charge in [-0.15, -0.1) is 0 Å². The summed E-state index contributed by atoms with van der Waals surface area (Å²) in [5.74, 6) is 1.27. The lowest BCUT2D eigenvalue weighted by Crippen LogP contribution is -2.03. The summed E-state index contributed by atoms with van der Waals surface area (Å²) in [5, 5.41) is 4.48. The van der Waals surface area contributed by atoms with E-state index in [1.807, 2.05) is 43.3 Å². The Balaban J connectivity index is 1.47. The number of ether oxygens (including phenoxy) is 2. The van der Waals surface area contributed by atoms with Gasteiger partial charge in [0.05, 0.1) is 17.6 Å². The number of benzene rings is 3. The van der Waals surface area contributed by atoms with Crippen LogP contribution in [0.5, 0.6) is 11.5 Å². The predicted molar refractivity (Wildman–Crippen MR) is 125 cm³/mol. The Labute approximate surface area is 189 Å². The van der Waals surface area contributed by atoms with Gasteiger partial charge in [-0.25, -0.2) is 4.79 Å². The van der Waals surface area contributed by atoms with Crippen LogP contribution in [0.4, 0.5) is 5.69 Å². The molecule has 1 aromatic heterocycles. The molecule has 0 spiro atoms. The summed E-state index contributed by atoms with van der Waals surface area (Å²) in [6, 6.07) is 16.8. The molecule has 0 atom stereocenters. The third kappa shape index (κ3) is 4.98. The van der Waals surface area contributed by atoms with Crippen molar-refractivity contribution >= 4 is 39.9 Å². The second-order valence-electron chi connectivity index (χ2n) is 6.90. The first kappa shape index (κ1) is 21.2. The summed E-state index contributed by atoms with van der Waals surface area (Å²) in [4.78, 5) is 16.9. The van der Waals surface area contributed by atoms with Gasteiger partial charge in [-0.3, -0.25) is 0 Å². The van der Waals surface area contributed by atoms with E-state index in [-0.39, 0.29) is 12.3 Å². The highest BCUT2D eigenvalue weighted by atomic mass is 35.5. The molecule has 4 rings (SSSR count). The number of aromatic nitrogens is 2. The molecule has 4 aromatic rings. The average molecular weight is 458 g/mol. The third-order valence-corrected chi connectivity index (χ3v) is 5.46. The van der Waals surface area contributed by atoms with E-state index in [1.54, 1.807) is 18.2 Å². The normalized spacial score (nSPS) is 10.9. The molecule has 0 unspecified atom stereocenters. The molecule has 3 N–H and O–H groups in total. The zero-order valence-electron chi connectivity index (χ0n) is 16.8. The first-order valence-electron chi connectivity index (χ1n) is 9.81. The summed E-state index contributed by atoms with van der Waals surface area (Å²) >= 11 is 12.5. The Kier molecular flexibility index (Phi) is 6.39. The molecule has 0 aliphatic rings. The maximum Gasteiger partial charge on any atom is 0.323 e. The number of nitrogens with one attached hydrogen (secondary N) is 3. The van der Waals surface area contributed by atoms with Crippen LogP contribution in [0.15, 0.2) is 59.4 Å². The van der Waals surface area contributed by atoms with Crippen molar-refractivity contribution in [1.29, 1.82) is 0 Å². The van der Waals surface area contributed by atoms with Gasteiger partial charge in [-0.05, 0) is 55.0 Å². The molecule has 0 aliphatic heterocycles. The Bertz CT molecular complexity index is 1250. The zero-order chi connectivity index (χ0) is 21.8. The topological polar surface area (TPSA) is 79.1 Å². The highest BCUT2D eigenvalue weighted by Gasteiger charge is 2.11. The van der Waals surface area contributed by atoms with E-state index in [1.165, 1.54) is 0 Å². The SMILES string of the molecule is CCOc1cc(CNc2ccc3[nH]c(=O)[nH]c3c2)ccc1OCc1c(Cl)cccc1Cl. The average Bonchev–Trinajstić information content (AvgIpc) is 3.12. The molecule has 0 aliphatic carbocycles. The second-order valence-corrected chi connectivity index (χ2v) is 7.71. The minimum Gasteiger partial charge on any atom is -0.490 e. The lowest BCUT2D eigenvalue weighted by molar-refractivity contribution is 0.269. The van der Waals surface area contributed by atoms with Gasteiger partial charge in [0.2, 0.25) is 0 Å². The number of H-pyrrole nitrogens is 2. The summed E-state index contributed by atoms with van der Waals surface area (Å²) < 4.78 is 11.7. The number of anilines is 1. The maximum absolute atomic E-state index is 11.4. The molecule has 0 saturated carbocycles. The Morgan fingerprint density at radius 3 is 2.45 bits per heavy atom. The van der Waals surface area contributed by atoms with E-state index in [4.69, 9.17) is 32.7 Å². The number of imidazole rings is 1. The lowest BCUT2D eigenvalue weighted by atomic mass is 10.2. The molecule has 1 heterocycles. The van der Waals surface area contributed by atoms with Crippen LogP contribution in [-0.4, -0.2) is 16.6 Å². The predicted octanol–water partition coefficient (Wildman–Crippen LogP) is 5.75. The highest BCUT2D eigenvalue weighted by molar-refractivity contribution is 6.35. The molecule has 6 nitrogen and oxygen atoms in total. The number of fused-ring (bicyclic) bond motifs is 1. The molecular formula is C23H21Cl2N3O3. The fraction of sp³-hybridized carbons (Fsp3) is 0.174. The van der Waals surface area contributed by atoms with Crippen molar-refractivity contribution in [1.82, 2.24) is 9.97 Å². The number of halogens is 2. The number of rotatable bonds is 8. The van der Waals surface area contributed by atoms with Gasteiger partial charge in [0.25, 0.3) is 0 Å². The van der Waals surface area contributed by atoms with Crippen molar-refractivity contribution < 1.29 is 9.47 Å². The van der Waals surface area contributed by atoms with Gasteiger partial charge in [0.1, 0.15) is 6.61 Å². The molecule has 8 heteroatoms. The quantitative estimate of drug-likeness (QED) is 0.314. The maximum atomic E-state index is 11.4. The van der Waals surface area contributed by atoms with Gasteiger partial charge >= 0.3 is 5.69 Å². The van der Waals surface area contributed by atoms with E-state index >= 15 is 0 Å². The largest absolute Gasteiger partial charge is 0.490 e. The van der Waals surface area contributed by atoms with Crippen LogP contribution < -0.4 is 20.5 Å². The van der Waals surface area contributed by atoms with Crippen LogP contribution in [0, 0.1) is 0 Å². The van der Waals surface area contributed by atoms with Gasteiger partial charge < -0.3 is 24.8 Å². The molecular weight excluding hydrogens is 437 g/mol. The fourth-order valence-electron chi connectivity index (χ4n) is 3.22. The van der Waals surface area contributed by atoms with Gasteiger partial charge in [0, 0.05) is 27.8 Å². The monoisotopic (exact) mass is 457 g/mol. The van der Waals surface area contributed by atoms with Crippen molar-refractivity contribution in [3.05, 3.63) is 86.3 Å². The second kappa shape index (κ2) is 9.37. The van der Waals surface area contributed by atoms with Crippen molar-refractivity contribution in [3.8, 4) is 11.5 Å². The Morgan fingerprint density at radius 1 is 0.903 bits per heavy atom. The van der Waals surface area contributed by atoms with E-state index in [2.05, 4.69) is 15.3 Å². The summed E-state index contributed by atoms with van der Waals surface area (Å²) in [7, 11) is 0. The van der Waals surface area contributed by atoms with Crippen LogP contribution in [0.2, 0.25) is 10.0 Å². The van der Waals surface area contributed by atoms with E-state index in [0.717, 1.165) is 27.8 Å². The van der Waals surface area contributed by atoms with Crippen LogP contribution >= 0.6 is 23.2 Å². The van der Waals surface area contributed by atoms with Crippen LogP contribution in [0.1, 0.15) is 18.1 Å². The molecule has 3 aromatic carbocycles. The first-order chi connectivity index (χ1) is 15.0. The summed E-state index contributed by atoms with van der Waals surface area (Å²) in [5.41, 5.74) is 3.96. The molecule has 0 amide bonds. The summed E-state index contributed by atoms with van der Waals surface area (Å²) in [6.45, 7) is 3.26. The smallest absolute Gasteiger partial charge is 0.323 e. The van der Waals surface area contributed by atoms with Gasteiger partial charge in [-0.2, -0.15) is 0 Å². The van der Waals surface area contributed by atoms with Crippen LogP contribution in [-0.2, 0) is 13.2 Å². The van der Waals surface area contributed by atoms with Crippen LogP contribution in [0.3, 0.4) is 0 Å². The molecule has 160 valence electrons.